The normalized spacial score (nSPS) is 11.0. The van der Waals surface area contributed by atoms with Crippen molar-refractivity contribution in [2.24, 2.45) is 0 Å². The second-order valence-corrected chi connectivity index (χ2v) is 7.68. The molecule has 9 heteroatoms. The van der Waals surface area contributed by atoms with Gasteiger partial charge in [0.25, 0.3) is 0 Å². The van der Waals surface area contributed by atoms with Crippen LogP contribution in [0.25, 0.3) is 21.3 Å². The van der Waals surface area contributed by atoms with Crippen LogP contribution in [0.5, 0.6) is 0 Å². The average Bonchev–Trinajstić information content (AvgIpc) is 3.34. The maximum absolute atomic E-state index is 12.5. The number of fused-ring (bicyclic) bond motifs is 1. The van der Waals surface area contributed by atoms with Gasteiger partial charge in [-0.1, -0.05) is 35.5 Å². The quantitative estimate of drug-likeness (QED) is 0.482. The van der Waals surface area contributed by atoms with E-state index in [9.17, 15) is 4.79 Å². The number of aromatic nitrogens is 3. The minimum atomic E-state index is -0.220. The summed E-state index contributed by atoms with van der Waals surface area (Å²) in [5.41, 5.74) is 2.11. The van der Waals surface area contributed by atoms with E-state index >= 15 is 0 Å². The third kappa shape index (κ3) is 4.17. The predicted molar refractivity (Wildman–Crippen MR) is 117 cm³/mol. The van der Waals surface area contributed by atoms with Crippen LogP contribution in [-0.2, 0) is 16.1 Å². The number of methoxy groups -OCH3 is 1. The first-order valence-electron chi connectivity index (χ1n) is 9.32. The molecular formula is C21H21N5O3S. The Morgan fingerprint density at radius 3 is 2.77 bits per heavy atom. The fourth-order valence-electron chi connectivity index (χ4n) is 3.16. The molecule has 0 saturated heterocycles. The summed E-state index contributed by atoms with van der Waals surface area (Å²) in [6.07, 6.45) is 0. The molecule has 4 aromatic rings. The topological polar surface area (TPSA) is 93.4 Å². The summed E-state index contributed by atoms with van der Waals surface area (Å²) in [5.74, 6) is 2.05. The van der Waals surface area contributed by atoms with Gasteiger partial charge in [0.15, 0.2) is 11.6 Å². The summed E-state index contributed by atoms with van der Waals surface area (Å²) in [7, 11) is 3.44. The molecule has 0 aliphatic rings. The highest BCUT2D eigenvalue weighted by Crippen LogP contribution is 2.38. The highest BCUT2D eigenvalue weighted by molar-refractivity contribution is 7.17. The Morgan fingerprint density at radius 1 is 1.27 bits per heavy atom. The van der Waals surface area contributed by atoms with Crippen molar-refractivity contribution in [3.63, 3.8) is 0 Å². The lowest BCUT2D eigenvalue weighted by Gasteiger charge is -2.19. The van der Waals surface area contributed by atoms with Gasteiger partial charge < -0.3 is 19.5 Å². The highest BCUT2D eigenvalue weighted by Gasteiger charge is 2.20. The Labute approximate surface area is 177 Å². The Kier molecular flexibility index (Phi) is 5.73. The van der Waals surface area contributed by atoms with Crippen LogP contribution in [0.2, 0.25) is 0 Å². The first kappa shape index (κ1) is 20.0. The molecule has 0 spiro atoms. The summed E-state index contributed by atoms with van der Waals surface area (Å²) in [4.78, 5) is 24.5. The van der Waals surface area contributed by atoms with Crippen molar-refractivity contribution in [3.05, 3.63) is 53.4 Å². The molecule has 0 saturated carbocycles. The molecule has 0 bridgehead atoms. The van der Waals surface area contributed by atoms with Gasteiger partial charge in [-0.15, -0.1) is 11.3 Å². The van der Waals surface area contributed by atoms with E-state index in [-0.39, 0.29) is 12.5 Å². The molecular weight excluding hydrogens is 402 g/mol. The number of hydrogen-bond donors (Lipinski definition) is 1. The molecule has 1 amide bonds. The third-order valence-corrected chi connectivity index (χ3v) is 5.33. The molecule has 1 aromatic carbocycles. The zero-order valence-corrected chi connectivity index (χ0v) is 17.7. The number of carbonyl (C=O) groups is 1. The van der Waals surface area contributed by atoms with E-state index in [2.05, 4.69) is 20.8 Å². The maximum atomic E-state index is 12.5. The largest absolute Gasteiger partial charge is 0.377 e. The summed E-state index contributed by atoms with van der Waals surface area (Å²) >= 11 is 1.55. The monoisotopic (exact) mass is 423 g/mol. The Morgan fingerprint density at radius 2 is 2.07 bits per heavy atom. The van der Waals surface area contributed by atoms with Crippen molar-refractivity contribution in [1.29, 1.82) is 0 Å². The molecule has 0 atom stereocenters. The number of benzene rings is 1. The van der Waals surface area contributed by atoms with E-state index in [1.165, 1.54) is 0 Å². The van der Waals surface area contributed by atoms with Gasteiger partial charge in [-0.05, 0) is 12.5 Å². The van der Waals surface area contributed by atoms with Gasteiger partial charge in [0.2, 0.25) is 5.91 Å². The number of carbonyl (C=O) groups excluding carboxylic acids is 1. The molecule has 0 unspecified atom stereocenters. The minimum Gasteiger partial charge on any atom is -0.377 e. The molecule has 4 rings (SSSR count). The van der Waals surface area contributed by atoms with E-state index in [0.29, 0.717) is 29.8 Å². The number of amides is 1. The number of rotatable bonds is 7. The van der Waals surface area contributed by atoms with E-state index in [4.69, 9.17) is 14.2 Å². The van der Waals surface area contributed by atoms with Crippen LogP contribution in [0.1, 0.15) is 11.6 Å². The molecule has 3 heterocycles. The molecule has 1 N–H and O–H groups in total. The molecule has 154 valence electrons. The van der Waals surface area contributed by atoms with Crippen molar-refractivity contribution < 1.29 is 14.1 Å². The van der Waals surface area contributed by atoms with E-state index < -0.39 is 0 Å². The number of likely N-dealkylation sites (N-methyl/N-ethyl adjacent to an activating group) is 1. The van der Waals surface area contributed by atoms with Crippen LogP contribution in [0.15, 0.2) is 46.3 Å². The van der Waals surface area contributed by atoms with Gasteiger partial charge in [-0.25, -0.2) is 9.97 Å². The average molecular weight is 423 g/mol. The fourth-order valence-corrected chi connectivity index (χ4v) is 4.13. The number of thiophene rings is 1. The lowest BCUT2D eigenvalue weighted by molar-refractivity contribution is -0.115. The standard InChI is InChI=1S/C21H21N5O3S/c1-13-9-16(25-29-13)22-18(27)10-26(2)20-19-15(14-7-5-4-6-8-14)12-30-21(19)24-17(23-20)11-28-3/h4-9,12H,10-11H2,1-3H3,(H,22,25,27). The van der Waals surface area contributed by atoms with Crippen LogP contribution in [0.3, 0.4) is 0 Å². The Balaban J connectivity index is 1.69. The van der Waals surface area contributed by atoms with Crippen LogP contribution in [-0.4, -0.2) is 41.7 Å². The maximum Gasteiger partial charge on any atom is 0.245 e. The molecule has 0 aliphatic heterocycles. The zero-order chi connectivity index (χ0) is 21.1. The smallest absolute Gasteiger partial charge is 0.245 e. The molecule has 0 radical (unpaired) electrons. The summed E-state index contributed by atoms with van der Waals surface area (Å²) in [6.45, 7) is 2.15. The number of hydrogen-bond acceptors (Lipinski definition) is 8. The first-order valence-corrected chi connectivity index (χ1v) is 10.2. The van der Waals surface area contributed by atoms with Crippen LogP contribution < -0.4 is 10.2 Å². The SMILES string of the molecule is COCc1nc(N(C)CC(=O)Nc2cc(C)on2)c2c(-c3ccccc3)csc2n1. The van der Waals surface area contributed by atoms with E-state index in [0.717, 1.165) is 21.3 Å². The second kappa shape index (κ2) is 8.60. The van der Waals surface area contributed by atoms with Crippen molar-refractivity contribution in [2.45, 2.75) is 13.5 Å². The van der Waals surface area contributed by atoms with Crippen molar-refractivity contribution in [1.82, 2.24) is 15.1 Å². The number of aryl methyl sites for hydroxylation is 1. The predicted octanol–water partition coefficient (Wildman–Crippen LogP) is 3.88. The lowest BCUT2D eigenvalue weighted by atomic mass is 10.1. The fraction of sp³-hybridized carbons (Fsp3) is 0.238. The Bertz CT molecular complexity index is 1170. The minimum absolute atomic E-state index is 0.0918. The molecule has 30 heavy (non-hydrogen) atoms. The van der Waals surface area contributed by atoms with Gasteiger partial charge in [0.05, 0.1) is 11.9 Å². The third-order valence-electron chi connectivity index (χ3n) is 4.46. The van der Waals surface area contributed by atoms with Gasteiger partial charge in [-0.2, -0.15) is 0 Å². The summed E-state index contributed by atoms with van der Waals surface area (Å²) in [6, 6.07) is 11.7. The number of anilines is 2. The van der Waals surface area contributed by atoms with Crippen LogP contribution in [0.4, 0.5) is 11.6 Å². The van der Waals surface area contributed by atoms with Gasteiger partial charge in [-0.3, -0.25) is 4.79 Å². The number of nitrogens with one attached hydrogen (secondary N) is 1. The molecule has 8 nitrogen and oxygen atoms in total. The highest BCUT2D eigenvalue weighted by atomic mass is 32.1. The van der Waals surface area contributed by atoms with Crippen molar-refractivity contribution in [3.8, 4) is 11.1 Å². The number of ether oxygens (including phenoxy) is 1. The van der Waals surface area contributed by atoms with E-state index in [1.54, 1.807) is 31.4 Å². The van der Waals surface area contributed by atoms with E-state index in [1.807, 2.05) is 42.3 Å². The van der Waals surface area contributed by atoms with Crippen LogP contribution in [0, 0.1) is 6.92 Å². The van der Waals surface area contributed by atoms with Gasteiger partial charge >= 0.3 is 0 Å². The number of nitrogens with zero attached hydrogens (tertiary/aromatic N) is 4. The Hall–Kier alpha value is -3.30. The first-order chi connectivity index (χ1) is 14.5. The van der Waals surface area contributed by atoms with Gasteiger partial charge in [0, 0.05) is 31.2 Å². The summed E-state index contributed by atoms with van der Waals surface area (Å²) < 4.78 is 10.2. The lowest BCUT2D eigenvalue weighted by Crippen LogP contribution is -2.31. The molecule has 3 aromatic heterocycles. The molecule has 0 aliphatic carbocycles. The van der Waals surface area contributed by atoms with Crippen LogP contribution >= 0.6 is 11.3 Å². The van der Waals surface area contributed by atoms with Crippen molar-refractivity contribution >= 4 is 39.1 Å². The zero-order valence-electron chi connectivity index (χ0n) is 16.9. The second-order valence-electron chi connectivity index (χ2n) is 6.82. The van der Waals surface area contributed by atoms with Crippen molar-refractivity contribution in [2.75, 3.05) is 30.9 Å². The van der Waals surface area contributed by atoms with Gasteiger partial charge in [0.1, 0.15) is 23.0 Å². The summed E-state index contributed by atoms with van der Waals surface area (Å²) in [5, 5.41) is 9.53. The molecule has 0 fully saturated rings.